The topological polar surface area (TPSA) is 66.9 Å². The first-order chi connectivity index (χ1) is 9.13. The van der Waals surface area contributed by atoms with Crippen LogP contribution in [0, 0.1) is 11.3 Å². The van der Waals surface area contributed by atoms with Gasteiger partial charge in [0, 0.05) is 9.81 Å². The van der Waals surface area contributed by atoms with Crippen LogP contribution in [-0.2, 0) is 4.79 Å². The third kappa shape index (κ3) is 4.19. The van der Waals surface area contributed by atoms with E-state index in [0.717, 1.165) is 15.4 Å². The molecule has 0 fully saturated rings. The largest absolute Gasteiger partial charge is 0.365 e. The molecule has 1 aromatic carbocycles. The number of allylic oxidation sites excluding steroid dienone is 2. The van der Waals surface area contributed by atoms with E-state index >= 15 is 0 Å². The van der Waals surface area contributed by atoms with Crippen molar-refractivity contribution in [2.45, 2.75) is 0 Å². The van der Waals surface area contributed by atoms with Crippen molar-refractivity contribution in [2.75, 3.05) is 12.5 Å². The second-order valence-corrected chi connectivity index (χ2v) is 5.40. The van der Waals surface area contributed by atoms with E-state index in [1.807, 2.05) is 48.9 Å². The summed E-state index contributed by atoms with van der Waals surface area (Å²) >= 11 is 3.15. The lowest BCUT2D eigenvalue weighted by molar-refractivity contribution is -0.114. The molecule has 1 aromatic rings. The summed E-state index contributed by atoms with van der Waals surface area (Å²) in [5.74, 6) is -0.711. The fraction of sp³-hybridized carbons (Fsp3) is 0.143. The normalized spacial score (nSPS) is 10.7. The molecule has 0 saturated carbocycles. The molecule has 2 N–H and O–H groups in total. The Hall–Kier alpha value is -1.64. The molecule has 98 valence electrons. The number of primary amides is 1. The zero-order chi connectivity index (χ0) is 14.3. The van der Waals surface area contributed by atoms with Crippen LogP contribution >= 0.6 is 23.5 Å². The Bertz CT molecular complexity index is 551. The highest BCUT2D eigenvalue weighted by atomic mass is 32.2. The maximum atomic E-state index is 11.2. The summed E-state index contributed by atoms with van der Waals surface area (Å²) in [5, 5.41) is 8.96. The average Bonchev–Trinajstić information content (AvgIpc) is 2.44. The van der Waals surface area contributed by atoms with Gasteiger partial charge in [0.15, 0.2) is 0 Å². The number of amides is 1. The molecule has 0 radical (unpaired) electrons. The highest BCUT2D eigenvalue weighted by Gasteiger charge is 2.10. The zero-order valence-electron chi connectivity index (χ0n) is 10.7. The minimum Gasteiger partial charge on any atom is -0.365 e. The molecule has 0 aliphatic rings. The molecule has 19 heavy (non-hydrogen) atoms. The summed E-state index contributed by atoms with van der Waals surface area (Å²) in [6.45, 7) is 0. The van der Waals surface area contributed by atoms with Gasteiger partial charge in [0.05, 0.1) is 0 Å². The number of nitriles is 1. The molecule has 0 aliphatic carbocycles. The van der Waals surface area contributed by atoms with Crippen molar-refractivity contribution in [3.63, 3.8) is 0 Å². The van der Waals surface area contributed by atoms with Crippen LogP contribution in [0.3, 0.4) is 0 Å². The van der Waals surface area contributed by atoms with Crippen molar-refractivity contribution in [2.24, 2.45) is 5.73 Å². The van der Waals surface area contributed by atoms with Gasteiger partial charge in [-0.15, -0.1) is 23.5 Å². The second kappa shape index (κ2) is 7.72. The quantitative estimate of drug-likeness (QED) is 0.514. The van der Waals surface area contributed by atoms with Crippen molar-refractivity contribution >= 4 is 35.0 Å². The lowest BCUT2D eigenvalue weighted by Gasteiger charge is -2.09. The molecule has 0 saturated heterocycles. The summed E-state index contributed by atoms with van der Waals surface area (Å²) in [6, 6.07) is 11.5. The van der Waals surface area contributed by atoms with Crippen LogP contribution in [0.5, 0.6) is 0 Å². The lowest BCUT2D eigenvalue weighted by Crippen LogP contribution is -2.12. The third-order valence-electron chi connectivity index (χ3n) is 2.35. The molecule has 3 nitrogen and oxygen atoms in total. The van der Waals surface area contributed by atoms with Gasteiger partial charge in [-0.2, -0.15) is 5.26 Å². The number of nitrogens with two attached hydrogens (primary N) is 1. The standard InChI is InChI=1S/C14H14N2OS2/c1-18-14(19-2)12(8-11(9-15)13(16)17)10-6-4-3-5-7-10/h3-8H,1-2H3,(H2,16,17). The van der Waals surface area contributed by atoms with Gasteiger partial charge in [0.25, 0.3) is 5.91 Å². The second-order valence-electron chi connectivity index (χ2n) is 3.51. The Morgan fingerprint density at radius 3 is 2.26 bits per heavy atom. The average molecular weight is 290 g/mol. The monoisotopic (exact) mass is 290 g/mol. The Balaban J connectivity index is 3.43. The lowest BCUT2D eigenvalue weighted by atomic mass is 10.0. The molecule has 0 bridgehead atoms. The maximum absolute atomic E-state index is 11.2. The number of hydrogen-bond donors (Lipinski definition) is 1. The Morgan fingerprint density at radius 2 is 1.84 bits per heavy atom. The van der Waals surface area contributed by atoms with E-state index < -0.39 is 5.91 Å². The van der Waals surface area contributed by atoms with Crippen LogP contribution in [-0.4, -0.2) is 18.4 Å². The first-order valence-electron chi connectivity index (χ1n) is 5.43. The van der Waals surface area contributed by atoms with E-state index in [2.05, 4.69) is 0 Å². The highest BCUT2D eigenvalue weighted by molar-refractivity contribution is 8.21. The predicted molar refractivity (Wildman–Crippen MR) is 83.3 cm³/mol. The van der Waals surface area contributed by atoms with Gasteiger partial charge >= 0.3 is 0 Å². The molecule has 0 spiro atoms. The molecule has 0 atom stereocenters. The summed E-state index contributed by atoms with van der Waals surface area (Å²) < 4.78 is 1.03. The van der Waals surface area contributed by atoms with E-state index in [4.69, 9.17) is 11.0 Å². The Labute approximate surface area is 121 Å². The van der Waals surface area contributed by atoms with Gasteiger partial charge in [0.2, 0.25) is 0 Å². The molecule has 0 aliphatic heterocycles. The van der Waals surface area contributed by atoms with Crippen molar-refractivity contribution in [3.05, 3.63) is 51.8 Å². The van der Waals surface area contributed by atoms with Gasteiger partial charge in [0.1, 0.15) is 11.6 Å². The molecular formula is C14H14N2OS2. The van der Waals surface area contributed by atoms with Crippen molar-refractivity contribution in [1.82, 2.24) is 0 Å². The fourth-order valence-corrected chi connectivity index (χ4v) is 2.94. The summed E-state index contributed by atoms with van der Waals surface area (Å²) in [6.07, 6.45) is 5.47. The van der Waals surface area contributed by atoms with Crippen molar-refractivity contribution in [3.8, 4) is 6.07 Å². The van der Waals surface area contributed by atoms with Gasteiger partial charge in [-0.1, -0.05) is 30.3 Å². The zero-order valence-corrected chi connectivity index (χ0v) is 12.3. The number of carbonyl (C=O) groups is 1. The van der Waals surface area contributed by atoms with Crippen LogP contribution in [0.2, 0.25) is 0 Å². The summed E-state index contributed by atoms with van der Waals surface area (Å²) in [4.78, 5) is 11.2. The van der Waals surface area contributed by atoms with Crippen LogP contribution in [0.4, 0.5) is 0 Å². The minimum atomic E-state index is -0.711. The number of thioether (sulfide) groups is 2. The smallest absolute Gasteiger partial charge is 0.259 e. The van der Waals surface area contributed by atoms with Crippen LogP contribution in [0.25, 0.3) is 5.57 Å². The van der Waals surface area contributed by atoms with E-state index in [-0.39, 0.29) is 5.57 Å². The number of hydrogen-bond acceptors (Lipinski definition) is 4. The first-order valence-corrected chi connectivity index (χ1v) is 7.88. The van der Waals surface area contributed by atoms with E-state index in [1.165, 1.54) is 0 Å². The molecule has 0 heterocycles. The number of nitrogens with zero attached hydrogens (tertiary/aromatic N) is 1. The van der Waals surface area contributed by atoms with Crippen LogP contribution < -0.4 is 5.73 Å². The first kappa shape index (κ1) is 15.4. The predicted octanol–water partition coefficient (Wildman–Crippen LogP) is 3.02. The molecular weight excluding hydrogens is 276 g/mol. The van der Waals surface area contributed by atoms with Gasteiger partial charge in [-0.3, -0.25) is 4.79 Å². The molecule has 0 aromatic heterocycles. The fourth-order valence-electron chi connectivity index (χ4n) is 1.48. The van der Waals surface area contributed by atoms with Crippen molar-refractivity contribution < 1.29 is 4.79 Å². The Morgan fingerprint density at radius 1 is 1.26 bits per heavy atom. The van der Waals surface area contributed by atoms with Crippen molar-refractivity contribution in [1.29, 1.82) is 5.26 Å². The summed E-state index contributed by atoms with van der Waals surface area (Å²) in [7, 11) is 0. The van der Waals surface area contributed by atoms with Crippen LogP contribution in [0.1, 0.15) is 5.56 Å². The van der Waals surface area contributed by atoms with Crippen LogP contribution in [0.15, 0.2) is 46.2 Å². The van der Waals surface area contributed by atoms with Gasteiger partial charge < -0.3 is 5.73 Å². The third-order valence-corrected chi connectivity index (χ3v) is 4.53. The SMILES string of the molecule is CSC(SC)=C(C=C(C#N)C(N)=O)c1ccccc1. The number of carbonyl (C=O) groups excluding carboxylic acids is 1. The number of benzene rings is 1. The molecule has 5 heteroatoms. The Kier molecular flexibility index (Phi) is 6.26. The molecule has 1 amide bonds. The maximum Gasteiger partial charge on any atom is 0.259 e. The van der Waals surface area contributed by atoms with Gasteiger partial charge in [-0.05, 0) is 24.2 Å². The van der Waals surface area contributed by atoms with Gasteiger partial charge in [-0.25, -0.2) is 0 Å². The van der Waals surface area contributed by atoms with E-state index in [9.17, 15) is 4.79 Å². The molecule has 0 unspecified atom stereocenters. The highest BCUT2D eigenvalue weighted by Crippen LogP contribution is 2.34. The van der Waals surface area contributed by atoms with E-state index in [0.29, 0.717) is 0 Å². The summed E-state index contributed by atoms with van der Waals surface area (Å²) in [5.41, 5.74) is 6.95. The number of rotatable bonds is 5. The molecule has 1 rings (SSSR count). The minimum absolute atomic E-state index is 0.0422. The van der Waals surface area contributed by atoms with E-state index in [1.54, 1.807) is 29.6 Å².